The molecule has 1 saturated carbocycles. The maximum Gasteiger partial charge on any atom is 0.409 e. The van der Waals surface area contributed by atoms with E-state index in [-0.39, 0.29) is 22.1 Å². The van der Waals surface area contributed by atoms with Crippen molar-refractivity contribution < 1.29 is 27.5 Å². The molecule has 248 valence electrons. The summed E-state index contributed by atoms with van der Waals surface area (Å²) in [6, 6.07) is 10.2. The molecule has 2 amide bonds. The highest BCUT2D eigenvalue weighted by atomic mass is 35.5. The van der Waals surface area contributed by atoms with Gasteiger partial charge in [0.25, 0.3) is 15.9 Å². The average Bonchev–Trinajstić information content (AvgIpc) is 3.14. The molecular formula is C34H43ClN4O6S. The summed E-state index contributed by atoms with van der Waals surface area (Å²) in [7, 11) is 0.931. The number of hydrogen-bond acceptors (Lipinski definition) is 8. The Hall–Kier alpha value is -3.28. The number of ether oxygens (including phenoxy) is 2. The number of hydrogen-bond donors (Lipinski definition) is 1. The molecule has 1 N–H and O–H groups in total. The van der Waals surface area contributed by atoms with Gasteiger partial charge in [0.1, 0.15) is 11.9 Å². The molecular weight excluding hydrogens is 628 g/mol. The lowest BCUT2D eigenvalue weighted by Crippen LogP contribution is -2.50. The Balaban J connectivity index is 1.44. The summed E-state index contributed by atoms with van der Waals surface area (Å²) in [5, 5.41) is 0.708. The lowest BCUT2D eigenvalue weighted by atomic mass is 9.68. The number of halogens is 1. The monoisotopic (exact) mass is 670 g/mol. The Bertz CT molecular complexity index is 1650. The summed E-state index contributed by atoms with van der Waals surface area (Å²) in [6.07, 6.45) is 7.65. The fourth-order valence-corrected chi connectivity index (χ4v) is 8.55. The Morgan fingerprint density at radius 2 is 1.98 bits per heavy atom. The van der Waals surface area contributed by atoms with Gasteiger partial charge in [-0.3, -0.25) is 9.69 Å². The highest BCUT2D eigenvalue weighted by molar-refractivity contribution is 7.90. The van der Waals surface area contributed by atoms with Gasteiger partial charge in [-0.15, -0.1) is 0 Å². The number of nitrogens with one attached hydrogen (secondary N) is 1. The molecule has 2 aromatic carbocycles. The number of carbonyl (C=O) groups excluding carboxylic acids is 2. The number of anilines is 1. The lowest BCUT2D eigenvalue weighted by Gasteiger charge is -2.46. The summed E-state index contributed by atoms with van der Waals surface area (Å²) >= 11 is 6.41. The maximum atomic E-state index is 13.6. The first-order chi connectivity index (χ1) is 21.9. The van der Waals surface area contributed by atoms with E-state index in [0.717, 1.165) is 32.1 Å². The van der Waals surface area contributed by atoms with Crippen LogP contribution >= 0.6 is 11.6 Å². The molecule has 2 aliphatic carbocycles. The zero-order chi connectivity index (χ0) is 32.8. The number of likely N-dealkylation sites (N-methyl/N-ethyl adjacent to an activating group) is 1. The van der Waals surface area contributed by atoms with E-state index in [0.29, 0.717) is 42.7 Å². The molecule has 5 atom stereocenters. The van der Waals surface area contributed by atoms with Gasteiger partial charge in [-0.25, -0.2) is 17.9 Å². The van der Waals surface area contributed by atoms with E-state index in [1.807, 2.05) is 24.3 Å². The standard InChI is InChI=1S/C34H43ClN4O6S/c1-22-32(40)36-46(42,43)26-11-14-31-29(18-26)39(20-34(21-44-31)15-5-7-23-17-25(35)10-13-28(23)34)19-24-9-12-27(24)30(8-6-16-38(22)4)45-33(41)37(2)3/h6,8,10-11,13-14,17-18,22,24,27,30H,5,7,9,12,15-16,19-21H2,1-4H3,(H,36,40)/b8-6+/t22-,24+,27-,30+,34+/m1/s1. The first-order valence-corrected chi connectivity index (χ1v) is 17.9. The van der Waals surface area contributed by atoms with E-state index in [4.69, 9.17) is 21.1 Å². The molecule has 0 radical (unpaired) electrons. The van der Waals surface area contributed by atoms with Crippen molar-refractivity contribution in [3.8, 4) is 5.75 Å². The number of nitrogens with zero attached hydrogens (tertiary/aromatic N) is 3. The zero-order valence-corrected chi connectivity index (χ0v) is 28.4. The van der Waals surface area contributed by atoms with Crippen LogP contribution in [0.3, 0.4) is 0 Å². The highest BCUT2D eigenvalue weighted by Gasteiger charge is 2.45. The minimum atomic E-state index is -4.16. The molecule has 10 nitrogen and oxygen atoms in total. The van der Waals surface area contributed by atoms with Gasteiger partial charge in [0, 0.05) is 50.1 Å². The summed E-state index contributed by atoms with van der Waals surface area (Å²) in [5.74, 6) is 0.235. The van der Waals surface area contributed by atoms with Crippen molar-refractivity contribution in [1.82, 2.24) is 14.5 Å². The summed E-state index contributed by atoms with van der Waals surface area (Å²) in [6.45, 7) is 3.72. The molecule has 2 aromatic rings. The van der Waals surface area contributed by atoms with Gasteiger partial charge in [-0.2, -0.15) is 0 Å². The smallest absolute Gasteiger partial charge is 0.409 e. The van der Waals surface area contributed by atoms with Crippen molar-refractivity contribution in [2.45, 2.75) is 61.5 Å². The molecule has 2 aliphatic heterocycles. The van der Waals surface area contributed by atoms with Crippen LogP contribution in [-0.2, 0) is 31.4 Å². The molecule has 46 heavy (non-hydrogen) atoms. The Labute approximate surface area is 276 Å². The van der Waals surface area contributed by atoms with Gasteiger partial charge in [0.15, 0.2) is 0 Å². The number of benzene rings is 2. The van der Waals surface area contributed by atoms with Crippen molar-refractivity contribution >= 4 is 39.3 Å². The van der Waals surface area contributed by atoms with Crippen LogP contribution in [0.4, 0.5) is 10.5 Å². The quantitative estimate of drug-likeness (QED) is 0.439. The largest absolute Gasteiger partial charge is 0.490 e. The van der Waals surface area contributed by atoms with E-state index in [1.165, 1.54) is 22.1 Å². The van der Waals surface area contributed by atoms with Crippen LogP contribution in [0.25, 0.3) is 0 Å². The summed E-state index contributed by atoms with van der Waals surface area (Å²) in [4.78, 5) is 31.3. The second-order valence-corrected chi connectivity index (χ2v) is 15.6. The molecule has 1 spiro atoms. The number of amides is 2. The third kappa shape index (κ3) is 6.33. The SMILES string of the molecule is C[C@@H]1C(=O)NS(=O)(=O)c2ccc3c(c2)N(C[C@@H]2CC[C@H]2[C@@H](OC(=O)N(C)C)/C=C/CN1C)C[C@@]1(CCCc2cc(Cl)ccc21)CO3. The van der Waals surface area contributed by atoms with Gasteiger partial charge < -0.3 is 19.3 Å². The molecule has 2 heterocycles. The maximum absolute atomic E-state index is 13.6. The zero-order valence-electron chi connectivity index (χ0n) is 26.9. The van der Waals surface area contributed by atoms with E-state index < -0.39 is 34.2 Å². The molecule has 0 saturated heterocycles. The van der Waals surface area contributed by atoms with Gasteiger partial charge in [-0.05, 0) is 99.5 Å². The number of rotatable bonds is 1. The fraction of sp³-hybridized carbons (Fsp3) is 0.529. The Morgan fingerprint density at radius 1 is 1.17 bits per heavy atom. The number of fused-ring (bicyclic) bond motifs is 4. The number of sulfonamides is 1. The molecule has 0 aromatic heterocycles. The topological polar surface area (TPSA) is 108 Å². The van der Waals surface area contributed by atoms with E-state index in [9.17, 15) is 18.0 Å². The molecule has 0 unspecified atom stereocenters. The minimum Gasteiger partial charge on any atom is -0.490 e. The molecule has 12 heteroatoms. The fourth-order valence-electron chi connectivity index (χ4n) is 7.29. The van der Waals surface area contributed by atoms with Crippen molar-refractivity contribution in [3.63, 3.8) is 0 Å². The lowest BCUT2D eigenvalue weighted by molar-refractivity contribution is -0.123. The van der Waals surface area contributed by atoms with Crippen molar-refractivity contribution in [2.75, 3.05) is 52.3 Å². The molecule has 2 bridgehead atoms. The highest BCUT2D eigenvalue weighted by Crippen LogP contribution is 2.47. The Kier molecular flexibility index (Phi) is 9.04. The van der Waals surface area contributed by atoms with Gasteiger partial charge in [0.05, 0.1) is 23.2 Å². The van der Waals surface area contributed by atoms with Crippen molar-refractivity contribution in [1.29, 1.82) is 0 Å². The predicted molar refractivity (Wildman–Crippen MR) is 177 cm³/mol. The summed E-state index contributed by atoms with van der Waals surface area (Å²) in [5.41, 5.74) is 2.78. The van der Waals surface area contributed by atoms with E-state index in [1.54, 1.807) is 45.1 Å². The van der Waals surface area contributed by atoms with Crippen LogP contribution in [0.5, 0.6) is 5.75 Å². The summed E-state index contributed by atoms with van der Waals surface area (Å²) < 4.78 is 42.0. The molecule has 4 aliphatic rings. The second-order valence-electron chi connectivity index (χ2n) is 13.5. The van der Waals surface area contributed by atoms with E-state index >= 15 is 0 Å². The molecule has 1 fully saturated rings. The normalized spacial score (nSPS) is 30.0. The van der Waals surface area contributed by atoms with Crippen LogP contribution in [-0.4, -0.2) is 89.7 Å². The first-order valence-electron chi connectivity index (χ1n) is 16.0. The van der Waals surface area contributed by atoms with Gasteiger partial charge in [0.2, 0.25) is 0 Å². The predicted octanol–water partition coefficient (Wildman–Crippen LogP) is 4.60. The second kappa shape index (κ2) is 12.7. The third-order valence-electron chi connectivity index (χ3n) is 10.3. The van der Waals surface area contributed by atoms with Crippen molar-refractivity contribution in [2.24, 2.45) is 11.8 Å². The van der Waals surface area contributed by atoms with Crippen LogP contribution in [0.2, 0.25) is 5.02 Å². The average molecular weight is 671 g/mol. The third-order valence-corrected chi connectivity index (χ3v) is 11.8. The van der Waals surface area contributed by atoms with Crippen LogP contribution in [0.15, 0.2) is 53.4 Å². The minimum absolute atomic E-state index is 0.00441. The van der Waals surface area contributed by atoms with Crippen molar-refractivity contribution in [3.05, 3.63) is 64.7 Å². The van der Waals surface area contributed by atoms with Crippen LogP contribution in [0, 0.1) is 11.8 Å². The van der Waals surface area contributed by atoms with Crippen LogP contribution in [0.1, 0.15) is 43.7 Å². The van der Waals surface area contributed by atoms with E-state index in [2.05, 4.69) is 15.7 Å². The number of aryl methyl sites for hydroxylation is 1. The van der Waals surface area contributed by atoms with Crippen LogP contribution < -0.4 is 14.4 Å². The Morgan fingerprint density at radius 3 is 2.72 bits per heavy atom. The first kappa shape index (κ1) is 32.7. The van der Waals surface area contributed by atoms with Gasteiger partial charge in [-0.1, -0.05) is 23.7 Å². The van der Waals surface area contributed by atoms with Gasteiger partial charge >= 0.3 is 6.09 Å². The number of carbonyl (C=O) groups is 2. The molecule has 6 rings (SSSR count).